The van der Waals surface area contributed by atoms with E-state index in [2.05, 4.69) is 9.97 Å². The molecular formula is C20H19N3O5. The summed E-state index contributed by atoms with van der Waals surface area (Å²) < 4.78 is 16.2. The van der Waals surface area contributed by atoms with E-state index in [1.807, 2.05) is 6.07 Å². The molecule has 8 heteroatoms. The summed E-state index contributed by atoms with van der Waals surface area (Å²) in [5, 5.41) is 0.711. The number of carbonyl (C=O) groups is 1. The minimum absolute atomic E-state index is 0.0306. The number of nitrogens with zero attached hydrogens (tertiary/aromatic N) is 3. The first kappa shape index (κ1) is 18.0. The van der Waals surface area contributed by atoms with Crippen molar-refractivity contribution in [1.82, 2.24) is 14.9 Å². The Kier molecular flexibility index (Phi) is 4.92. The van der Waals surface area contributed by atoms with Gasteiger partial charge in [0.25, 0.3) is 5.91 Å². The highest BCUT2D eigenvalue weighted by Gasteiger charge is 2.28. The molecule has 0 N–H and O–H groups in total. The average molecular weight is 381 g/mol. The van der Waals surface area contributed by atoms with Crippen LogP contribution in [0.15, 0.2) is 51.8 Å². The largest absolute Gasteiger partial charge is 0.472 e. The van der Waals surface area contributed by atoms with Crippen molar-refractivity contribution in [2.45, 2.75) is 18.9 Å². The van der Waals surface area contributed by atoms with E-state index in [0.717, 1.165) is 12.8 Å². The van der Waals surface area contributed by atoms with Crippen LogP contribution in [0.3, 0.4) is 0 Å². The van der Waals surface area contributed by atoms with Crippen molar-refractivity contribution in [2.75, 3.05) is 20.2 Å². The first-order valence-electron chi connectivity index (χ1n) is 9.00. The van der Waals surface area contributed by atoms with Gasteiger partial charge in [-0.1, -0.05) is 18.2 Å². The fourth-order valence-electron chi connectivity index (χ4n) is 3.26. The zero-order valence-corrected chi connectivity index (χ0v) is 15.3. The molecule has 3 heterocycles. The number of aromatic nitrogens is 2. The maximum atomic E-state index is 12.9. The number of hydrogen-bond donors (Lipinski definition) is 0. The molecule has 1 aliphatic heterocycles. The van der Waals surface area contributed by atoms with Gasteiger partial charge in [0.2, 0.25) is 5.88 Å². The van der Waals surface area contributed by atoms with E-state index in [0.29, 0.717) is 29.9 Å². The van der Waals surface area contributed by atoms with Crippen LogP contribution in [0.1, 0.15) is 23.2 Å². The number of methoxy groups -OCH3 is 1. The number of piperidine rings is 1. The van der Waals surface area contributed by atoms with Gasteiger partial charge < -0.3 is 18.8 Å². The van der Waals surface area contributed by atoms with Gasteiger partial charge in [0.1, 0.15) is 17.3 Å². The first-order chi connectivity index (χ1) is 13.6. The fourth-order valence-corrected chi connectivity index (χ4v) is 3.26. The molecule has 0 spiro atoms. The summed E-state index contributed by atoms with van der Waals surface area (Å²) in [4.78, 5) is 34.9. The number of likely N-dealkylation sites (tertiary alicyclic amines) is 1. The Morgan fingerprint density at radius 3 is 3.00 bits per heavy atom. The number of rotatable bonds is 4. The van der Waals surface area contributed by atoms with Crippen LogP contribution in [0.25, 0.3) is 11.0 Å². The van der Waals surface area contributed by atoms with Crippen molar-refractivity contribution in [2.24, 2.45) is 0 Å². The second-order valence-electron chi connectivity index (χ2n) is 6.50. The van der Waals surface area contributed by atoms with Crippen molar-refractivity contribution in [1.29, 1.82) is 0 Å². The van der Waals surface area contributed by atoms with E-state index >= 15 is 0 Å². The first-order valence-corrected chi connectivity index (χ1v) is 9.00. The summed E-state index contributed by atoms with van der Waals surface area (Å²) in [7, 11) is 1.48. The SMILES string of the molecule is COc1nccc(OC2CCCN(C(=O)c3cc4ccccc4oc3=O)C2)n1. The molecule has 0 aliphatic carbocycles. The van der Waals surface area contributed by atoms with Crippen LogP contribution in [0.2, 0.25) is 0 Å². The summed E-state index contributed by atoms with van der Waals surface area (Å²) in [6.07, 6.45) is 2.86. The Bertz CT molecular complexity index is 1060. The van der Waals surface area contributed by atoms with Crippen LogP contribution >= 0.6 is 0 Å². The number of hydrogen-bond acceptors (Lipinski definition) is 7. The Morgan fingerprint density at radius 2 is 2.14 bits per heavy atom. The van der Waals surface area contributed by atoms with Crippen LogP contribution in [0, 0.1) is 0 Å². The lowest BCUT2D eigenvalue weighted by Crippen LogP contribution is -2.45. The van der Waals surface area contributed by atoms with Gasteiger partial charge in [-0.3, -0.25) is 4.79 Å². The van der Waals surface area contributed by atoms with Gasteiger partial charge in [0, 0.05) is 24.2 Å². The van der Waals surface area contributed by atoms with Crippen molar-refractivity contribution < 1.29 is 18.7 Å². The highest BCUT2D eigenvalue weighted by Crippen LogP contribution is 2.20. The minimum atomic E-state index is -0.632. The maximum absolute atomic E-state index is 12.9. The molecule has 1 aromatic carbocycles. The number of ether oxygens (including phenoxy) is 2. The summed E-state index contributed by atoms with van der Waals surface area (Å²) in [6.45, 7) is 0.912. The predicted molar refractivity (Wildman–Crippen MR) is 101 cm³/mol. The summed E-state index contributed by atoms with van der Waals surface area (Å²) >= 11 is 0. The summed E-state index contributed by atoms with van der Waals surface area (Å²) in [5.41, 5.74) is -0.142. The van der Waals surface area contributed by atoms with E-state index in [1.54, 1.807) is 41.4 Å². The molecule has 1 atom stereocenters. The Labute approximate surface area is 160 Å². The molecule has 3 aromatic rings. The fraction of sp³-hybridized carbons (Fsp3) is 0.300. The van der Waals surface area contributed by atoms with Gasteiger partial charge in [-0.15, -0.1) is 0 Å². The predicted octanol–water partition coefficient (Wildman–Crippen LogP) is 2.28. The molecule has 0 radical (unpaired) electrons. The molecular weight excluding hydrogens is 362 g/mol. The molecule has 2 aromatic heterocycles. The van der Waals surface area contributed by atoms with E-state index in [1.165, 1.54) is 7.11 Å². The molecule has 1 fully saturated rings. The van der Waals surface area contributed by atoms with Crippen molar-refractivity contribution in [3.05, 3.63) is 58.6 Å². The smallest absolute Gasteiger partial charge is 0.349 e. The lowest BCUT2D eigenvalue weighted by atomic mass is 10.1. The monoisotopic (exact) mass is 381 g/mol. The van der Waals surface area contributed by atoms with Crippen LogP contribution < -0.4 is 15.1 Å². The second kappa shape index (κ2) is 7.67. The highest BCUT2D eigenvalue weighted by molar-refractivity contribution is 5.96. The third-order valence-corrected chi connectivity index (χ3v) is 4.62. The third kappa shape index (κ3) is 3.66. The van der Waals surface area contributed by atoms with Gasteiger partial charge in [-0.2, -0.15) is 4.98 Å². The number of fused-ring (bicyclic) bond motifs is 1. The molecule has 144 valence electrons. The quantitative estimate of drug-likeness (QED) is 0.640. The van der Waals surface area contributed by atoms with E-state index < -0.39 is 5.63 Å². The number of benzene rings is 1. The van der Waals surface area contributed by atoms with Crippen molar-refractivity contribution in [3.8, 4) is 11.9 Å². The maximum Gasteiger partial charge on any atom is 0.349 e. The second-order valence-corrected chi connectivity index (χ2v) is 6.50. The molecule has 0 saturated carbocycles. The molecule has 28 heavy (non-hydrogen) atoms. The van der Waals surface area contributed by atoms with Crippen LogP contribution in [-0.4, -0.2) is 47.1 Å². The average Bonchev–Trinajstić information content (AvgIpc) is 2.73. The normalized spacial score (nSPS) is 16.8. The summed E-state index contributed by atoms with van der Waals surface area (Å²) in [5.74, 6) is 0.0319. The molecule has 1 unspecified atom stereocenters. The van der Waals surface area contributed by atoms with Crippen LogP contribution in [0.5, 0.6) is 11.9 Å². The van der Waals surface area contributed by atoms with Gasteiger partial charge in [0.05, 0.1) is 13.7 Å². The molecule has 4 rings (SSSR count). The standard InChI is InChI=1S/C20H19N3O5/c1-26-20-21-9-8-17(22-20)27-14-6-4-10-23(12-14)18(24)15-11-13-5-2-3-7-16(13)28-19(15)25/h2-3,5,7-9,11,14H,4,6,10,12H2,1H3. The number of para-hydroxylation sites is 1. The van der Waals surface area contributed by atoms with E-state index in [9.17, 15) is 9.59 Å². The van der Waals surface area contributed by atoms with Crippen molar-refractivity contribution >= 4 is 16.9 Å². The molecule has 1 amide bonds. The van der Waals surface area contributed by atoms with E-state index in [-0.39, 0.29) is 23.6 Å². The minimum Gasteiger partial charge on any atom is -0.472 e. The van der Waals surface area contributed by atoms with Gasteiger partial charge in [-0.25, -0.2) is 9.78 Å². The zero-order chi connectivity index (χ0) is 19.5. The lowest BCUT2D eigenvalue weighted by Gasteiger charge is -2.32. The molecule has 1 aliphatic rings. The Hall–Kier alpha value is -3.42. The van der Waals surface area contributed by atoms with E-state index in [4.69, 9.17) is 13.9 Å². The van der Waals surface area contributed by atoms with Gasteiger partial charge in [-0.05, 0) is 25.0 Å². The number of carbonyl (C=O) groups excluding carboxylic acids is 1. The Morgan fingerprint density at radius 1 is 1.29 bits per heavy atom. The van der Waals surface area contributed by atoms with Crippen LogP contribution in [-0.2, 0) is 0 Å². The topological polar surface area (TPSA) is 94.8 Å². The summed E-state index contributed by atoms with van der Waals surface area (Å²) in [6, 6.07) is 10.6. The van der Waals surface area contributed by atoms with Gasteiger partial charge >= 0.3 is 11.6 Å². The van der Waals surface area contributed by atoms with Crippen molar-refractivity contribution in [3.63, 3.8) is 0 Å². The zero-order valence-electron chi connectivity index (χ0n) is 15.3. The lowest BCUT2D eigenvalue weighted by molar-refractivity contribution is 0.0522. The third-order valence-electron chi connectivity index (χ3n) is 4.62. The highest BCUT2D eigenvalue weighted by atomic mass is 16.5. The molecule has 8 nitrogen and oxygen atoms in total. The van der Waals surface area contributed by atoms with Gasteiger partial charge in [0.15, 0.2) is 0 Å². The molecule has 1 saturated heterocycles. The molecule has 0 bridgehead atoms. The number of amides is 1. The van der Waals surface area contributed by atoms with Crippen LogP contribution in [0.4, 0.5) is 0 Å². The Balaban J connectivity index is 1.52.